The number of aromatic nitrogens is 2. The summed E-state index contributed by atoms with van der Waals surface area (Å²) in [6.45, 7) is 1.30. The minimum atomic E-state index is -3.52. The van der Waals surface area contributed by atoms with Gasteiger partial charge in [0.25, 0.3) is 0 Å². The molecule has 1 aromatic heterocycles. The molecular formula is C7H13N3O3S. The fourth-order valence-electron chi connectivity index (χ4n) is 1.00. The third-order valence-electron chi connectivity index (χ3n) is 1.76. The zero-order valence-electron chi connectivity index (χ0n) is 8.30. The molecule has 1 N–H and O–H groups in total. The van der Waals surface area contributed by atoms with E-state index in [0.29, 0.717) is 11.5 Å². The number of aryl methyl sites for hydroxylation is 1. The molecule has 0 aliphatic heterocycles. The first kappa shape index (κ1) is 11.2. The number of aliphatic hydroxyl groups excluding tert-OH is 1. The van der Waals surface area contributed by atoms with Crippen LogP contribution in [0.1, 0.15) is 11.5 Å². The second-order valence-corrected chi connectivity index (χ2v) is 5.04. The molecule has 80 valence electrons. The molecule has 0 radical (unpaired) electrons. The van der Waals surface area contributed by atoms with Gasteiger partial charge in [0, 0.05) is 20.3 Å². The van der Waals surface area contributed by atoms with Crippen molar-refractivity contribution >= 4 is 10.2 Å². The highest BCUT2D eigenvalue weighted by molar-refractivity contribution is 7.87. The first-order chi connectivity index (χ1) is 6.39. The van der Waals surface area contributed by atoms with Crippen LogP contribution in [0.4, 0.5) is 0 Å². The quantitative estimate of drug-likeness (QED) is 0.732. The van der Waals surface area contributed by atoms with Crippen LogP contribution in [0.3, 0.4) is 0 Å². The number of rotatable bonds is 3. The maximum absolute atomic E-state index is 11.6. The Morgan fingerprint density at radius 2 is 2.14 bits per heavy atom. The Morgan fingerprint density at radius 3 is 2.50 bits per heavy atom. The van der Waals surface area contributed by atoms with Crippen molar-refractivity contribution in [1.29, 1.82) is 0 Å². The van der Waals surface area contributed by atoms with E-state index in [1.54, 1.807) is 6.92 Å². The standard InChI is InChI=1S/C7H13N3O3S/c1-6-8-7(5-11)4-10(6)14(12,13)9(2)3/h4,11H,5H2,1-3H3. The maximum Gasteiger partial charge on any atom is 0.308 e. The number of hydrogen-bond acceptors (Lipinski definition) is 4. The largest absolute Gasteiger partial charge is 0.390 e. The van der Waals surface area contributed by atoms with Gasteiger partial charge in [0.2, 0.25) is 0 Å². The topological polar surface area (TPSA) is 75.4 Å². The SMILES string of the molecule is Cc1nc(CO)cn1S(=O)(=O)N(C)C. The zero-order valence-corrected chi connectivity index (χ0v) is 9.11. The van der Waals surface area contributed by atoms with E-state index in [2.05, 4.69) is 4.98 Å². The van der Waals surface area contributed by atoms with Crippen molar-refractivity contribution in [2.24, 2.45) is 0 Å². The third-order valence-corrected chi connectivity index (χ3v) is 3.55. The van der Waals surface area contributed by atoms with E-state index in [-0.39, 0.29) is 6.61 Å². The van der Waals surface area contributed by atoms with Crippen molar-refractivity contribution in [3.8, 4) is 0 Å². The molecule has 14 heavy (non-hydrogen) atoms. The van der Waals surface area contributed by atoms with Crippen molar-refractivity contribution < 1.29 is 13.5 Å². The minimum absolute atomic E-state index is 0.267. The van der Waals surface area contributed by atoms with Crippen molar-refractivity contribution in [3.63, 3.8) is 0 Å². The normalized spacial score (nSPS) is 12.4. The Morgan fingerprint density at radius 1 is 1.57 bits per heavy atom. The first-order valence-electron chi connectivity index (χ1n) is 3.98. The van der Waals surface area contributed by atoms with Crippen molar-refractivity contribution in [1.82, 2.24) is 13.3 Å². The monoisotopic (exact) mass is 219 g/mol. The van der Waals surface area contributed by atoms with Gasteiger partial charge in [-0.3, -0.25) is 0 Å². The fourth-order valence-corrected chi connectivity index (χ4v) is 1.98. The van der Waals surface area contributed by atoms with E-state index >= 15 is 0 Å². The van der Waals surface area contributed by atoms with Crippen molar-refractivity contribution in [3.05, 3.63) is 17.7 Å². The fraction of sp³-hybridized carbons (Fsp3) is 0.571. The van der Waals surface area contributed by atoms with Crippen LogP contribution < -0.4 is 0 Å². The van der Waals surface area contributed by atoms with Gasteiger partial charge < -0.3 is 5.11 Å². The summed E-state index contributed by atoms with van der Waals surface area (Å²) in [4.78, 5) is 3.88. The van der Waals surface area contributed by atoms with E-state index in [0.717, 1.165) is 8.28 Å². The second kappa shape index (κ2) is 3.68. The molecule has 1 rings (SSSR count). The molecule has 0 unspecified atom stereocenters. The summed E-state index contributed by atoms with van der Waals surface area (Å²) >= 11 is 0. The van der Waals surface area contributed by atoms with Gasteiger partial charge in [-0.05, 0) is 6.92 Å². The van der Waals surface area contributed by atoms with Crippen LogP contribution in [0.5, 0.6) is 0 Å². The molecule has 0 saturated carbocycles. The molecule has 6 nitrogen and oxygen atoms in total. The molecule has 0 atom stereocenters. The highest BCUT2D eigenvalue weighted by Gasteiger charge is 2.19. The van der Waals surface area contributed by atoms with Crippen LogP contribution in [0, 0.1) is 6.92 Å². The van der Waals surface area contributed by atoms with Gasteiger partial charge in [0.1, 0.15) is 5.82 Å². The molecule has 7 heteroatoms. The molecule has 1 aromatic rings. The zero-order chi connectivity index (χ0) is 10.9. The Bertz CT molecular complexity index is 421. The average molecular weight is 219 g/mol. The van der Waals surface area contributed by atoms with Gasteiger partial charge in [-0.1, -0.05) is 0 Å². The van der Waals surface area contributed by atoms with Gasteiger partial charge in [-0.2, -0.15) is 12.7 Å². The lowest BCUT2D eigenvalue weighted by atomic mass is 10.5. The molecule has 0 fully saturated rings. The molecule has 0 aliphatic rings. The average Bonchev–Trinajstić information content (AvgIpc) is 2.47. The molecule has 1 heterocycles. The Hall–Kier alpha value is -0.920. The molecule has 0 aliphatic carbocycles. The number of imidazole rings is 1. The van der Waals surface area contributed by atoms with Gasteiger partial charge in [0.05, 0.1) is 12.3 Å². The Labute approximate surface area is 83.0 Å². The summed E-state index contributed by atoms with van der Waals surface area (Å²) in [6, 6.07) is 0. The summed E-state index contributed by atoms with van der Waals surface area (Å²) in [5.74, 6) is 0.336. The van der Waals surface area contributed by atoms with Crippen LogP contribution in [0.15, 0.2) is 6.20 Å². The van der Waals surface area contributed by atoms with Gasteiger partial charge in [0.15, 0.2) is 0 Å². The summed E-state index contributed by atoms with van der Waals surface area (Å²) < 4.78 is 25.4. The lowest BCUT2D eigenvalue weighted by Crippen LogP contribution is -2.29. The molecular weight excluding hydrogens is 206 g/mol. The maximum atomic E-state index is 11.6. The summed E-state index contributed by atoms with van der Waals surface area (Å²) in [6.07, 6.45) is 1.31. The predicted molar refractivity (Wildman–Crippen MR) is 50.9 cm³/mol. The van der Waals surface area contributed by atoms with Gasteiger partial charge >= 0.3 is 10.2 Å². The molecule has 0 saturated heterocycles. The van der Waals surface area contributed by atoms with Crippen LogP contribution in [-0.4, -0.2) is 40.9 Å². The molecule has 0 aromatic carbocycles. The number of aliphatic hydroxyl groups is 1. The van der Waals surface area contributed by atoms with Gasteiger partial charge in [-0.15, -0.1) is 0 Å². The third kappa shape index (κ3) is 1.79. The minimum Gasteiger partial charge on any atom is -0.390 e. The van der Waals surface area contributed by atoms with E-state index in [4.69, 9.17) is 5.11 Å². The van der Waals surface area contributed by atoms with Crippen LogP contribution >= 0.6 is 0 Å². The Kier molecular flexibility index (Phi) is 2.93. The van der Waals surface area contributed by atoms with Crippen LogP contribution in [0.25, 0.3) is 0 Å². The van der Waals surface area contributed by atoms with E-state index in [9.17, 15) is 8.42 Å². The smallest absolute Gasteiger partial charge is 0.308 e. The molecule has 0 spiro atoms. The van der Waals surface area contributed by atoms with Crippen molar-refractivity contribution in [2.45, 2.75) is 13.5 Å². The second-order valence-electron chi connectivity index (χ2n) is 3.02. The van der Waals surface area contributed by atoms with E-state index < -0.39 is 10.2 Å². The highest BCUT2D eigenvalue weighted by atomic mass is 32.2. The molecule has 0 amide bonds. The first-order valence-corrected chi connectivity index (χ1v) is 5.38. The van der Waals surface area contributed by atoms with Crippen molar-refractivity contribution in [2.75, 3.05) is 14.1 Å². The van der Waals surface area contributed by atoms with Crippen LogP contribution in [0.2, 0.25) is 0 Å². The number of hydrogen-bond donors (Lipinski definition) is 1. The predicted octanol–water partition coefficient (Wildman–Crippen LogP) is -0.662. The van der Waals surface area contributed by atoms with Gasteiger partial charge in [-0.25, -0.2) is 8.96 Å². The summed E-state index contributed by atoms with van der Waals surface area (Å²) in [5.41, 5.74) is 0.341. The highest BCUT2D eigenvalue weighted by Crippen LogP contribution is 2.08. The van der Waals surface area contributed by atoms with Crippen LogP contribution in [-0.2, 0) is 16.8 Å². The van der Waals surface area contributed by atoms with E-state index in [1.165, 1.54) is 20.3 Å². The van der Waals surface area contributed by atoms with E-state index in [1.807, 2.05) is 0 Å². The lowest BCUT2D eigenvalue weighted by Gasteiger charge is -2.12. The number of nitrogens with zero attached hydrogens (tertiary/aromatic N) is 3. The lowest BCUT2D eigenvalue weighted by molar-refractivity contribution is 0.277. The summed E-state index contributed by atoms with van der Waals surface area (Å²) in [5, 5.41) is 8.80. The Balaban J connectivity index is 3.26. The summed E-state index contributed by atoms with van der Waals surface area (Å²) in [7, 11) is -0.645. The molecule has 0 bridgehead atoms.